The lowest BCUT2D eigenvalue weighted by molar-refractivity contribution is -0.757. The summed E-state index contributed by atoms with van der Waals surface area (Å²) in [4.78, 5) is 35.8. The smallest absolute Gasteiger partial charge is 0.306 e. The number of unbranched alkanes of at least 4 members (excludes halogenated alkanes) is 1. The van der Waals surface area contributed by atoms with Crippen LogP contribution in [0.4, 0.5) is 0 Å². The maximum Gasteiger partial charge on any atom is 0.306 e. The Balaban J connectivity index is 0.000000856. The molecule has 0 saturated heterocycles. The average Bonchev–Trinajstić information content (AvgIpc) is 2.85. The van der Waals surface area contributed by atoms with E-state index in [4.69, 9.17) is 9.84 Å². The van der Waals surface area contributed by atoms with E-state index in [1.165, 1.54) is 5.57 Å². The summed E-state index contributed by atoms with van der Waals surface area (Å²) in [6.45, 7) is 6.00. The molecule has 0 aromatic heterocycles. The number of aliphatic hydroxyl groups excluding tert-OH is 2. The average molecular weight is 528 g/mol. The van der Waals surface area contributed by atoms with Gasteiger partial charge in [0.15, 0.2) is 0 Å². The van der Waals surface area contributed by atoms with Crippen molar-refractivity contribution in [3.63, 3.8) is 0 Å². The Kier molecular flexibility index (Phi) is 15.8. The Labute approximate surface area is 219 Å². The number of carbonyl (C=O) groups excluding carboxylic acids is 1. The van der Waals surface area contributed by atoms with Crippen molar-refractivity contribution >= 4 is 11.9 Å². The quantitative estimate of drug-likeness (QED) is 0.121. The van der Waals surface area contributed by atoms with Gasteiger partial charge >= 0.3 is 11.9 Å². The maximum atomic E-state index is 11.7. The number of ether oxygens (including phenoxy) is 1. The van der Waals surface area contributed by atoms with Gasteiger partial charge in [-0.15, -0.1) is 10.1 Å². The van der Waals surface area contributed by atoms with E-state index in [0.29, 0.717) is 49.9 Å². The fourth-order valence-electron chi connectivity index (χ4n) is 4.61. The number of nitrogens with zero attached hydrogens (tertiary/aromatic N) is 1. The molecule has 0 aromatic carbocycles. The normalized spacial score (nSPS) is 24.0. The minimum absolute atomic E-state index is 0.00483. The topological polar surface area (TPSA) is 156 Å². The fourth-order valence-corrected chi connectivity index (χ4v) is 4.61. The third-order valence-electron chi connectivity index (χ3n) is 7.15. The molecular formula is C27H45NO9. The zero-order chi connectivity index (χ0) is 27.8. The first-order chi connectivity index (χ1) is 17.5. The fraction of sp³-hybridized carbons (Fsp3) is 0.778. The van der Waals surface area contributed by atoms with Crippen LogP contribution in [0.15, 0.2) is 23.8 Å². The largest absolute Gasteiger partial charge is 0.481 e. The standard InChI is InChI=1S/C22H35NO7.C5H10O2/c1-16-7-8-17-15-19(25)10-12-21(17)20(16)11-9-18(24)5-4-6-22(26)29-13-2-3-14-30-23(27)28;1-3-4(2)5(6)7/h7-8,15-16,18-21,24-25H,2-6,9-14H2,1H3;4H,3H2,1-2H3,(H,6,7). The first-order valence-corrected chi connectivity index (χ1v) is 13.5. The predicted octanol–water partition coefficient (Wildman–Crippen LogP) is 4.47. The molecular weight excluding hydrogens is 482 g/mol. The van der Waals surface area contributed by atoms with Gasteiger partial charge in [0.1, 0.15) is 0 Å². The molecule has 2 rings (SSSR count). The van der Waals surface area contributed by atoms with Crippen LogP contribution < -0.4 is 0 Å². The molecule has 37 heavy (non-hydrogen) atoms. The molecule has 0 fully saturated rings. The molecule has 6 unspecified atom stereocenters. The van der Waals surface area contributed by atoms with E-state index in [9.17, 15) is 29.9 Å². The van der Waals surface area contributed by atoms with Crippen LogP contribution in [0.2, 0.25) is 0 Å². The van der Waals surface area contributed by atoms with E-state index < -0.39 is 17.2 Å². The van der Waals surface area contributed by atoms with Gasteiger partial charge in [0, 0.05) is 6.42 Å². The van der Waals surface area contributed by atoms with Crippen molar-refractivity contribution in [2.45, 2.75) is 97.2 Å². The zero-order valence-corrected chi connectivity index (χ0v) is 22.4. The van der Waals surface area contributed by atoms with Gasteiger partial charge in [0.2, 0.25) is 0 Å². The molecule has 0 aliphatic heterocycles. The van der Waals surface area contributed by atoms with Gasteiger partial charge in [-0.05, 0) is 81.1 Å². The van der Waals surface area contributed by atoms with E-state index >= 15 is 0 Å². The summed E-state index contributed by atoms with van der Waals surface area (Å²) in [5.74, 6) is 0.209. The summed E-state index contributed by atoms with van der Waals surface area (Å²) in [5, 5.41) is 37.5. The van der Waals surface area contributed by atoms with Crippen molar-refractivity contribution < 1.29 is 39.6 Å². The van der Waals surface area contributed by atoms with Crippen LogP contribution in [-0.2, 0) is 19.2 Å². The molecule has 3 N–H and O–H groups in total. The van der Waals surface area contributed by atoms with E-state index in [1.54, 1.807) is 6.92 Å². The molecule has 10 heteroatoms. The minimum atomic E-state index is -0.835. The van der Waals surface area contributed by atoms with Gasteiger partial charge in [0.05, 0.1) is 31.3 Å². The molecule has 0 heterocycles. The number of carbonyl (C=O) groups is 2. The number of aliphatic hydroxyl groups is 2. The van der Waals surface area contributed by atoms with Crippen LogP contribution in [0, 0.1) is 33.8 Å². The summed E-state index contributed by atoms with van der Waals surface area (Å²) < 4.78 is 5.09. The van der Waals surface area contributed by atoms with Crippen molar-refractivity contribution in [3.8, 4) is 0 Å². The zero-order valence-electron chi connectivity index (χ0n) is 22.4. The number of hydrogen-bond acceptors (Lipinski definition) is 8. The molecule has 212 valence electrons. The monoisotopic (exact) mass is 527 g/mol. The van der Waals surface area contributed by atoms with Crippen LogP contribution in [0.25, 0.3) is 0 Å². The second kappa shape index (κ2) is 17.9. The van der Waals surface area contributed by atoms with Crippen molar-refractivity contribution in [2.75, 3.05) is 13.2 Å². The number of carboxylic acids is 1. The first kappa shape index (κ1) is 32.6. The van der Waals surface area contributed by atoms with Gasteiger partial charge in [-0.25, -0.2) is 0 Å². The third kappa shape index (κ3) is 13.6. The number of allylic oxidation sites excluding steroid dienone is 3. The lowest BCUT2D eigenvalue weighted by Crippen LogP contribution is -2.30. The first-order valence-electron chi connectivity index (χ1n) is 13.5. The number of hydrogen-bond donors (Lipinski definition) is 3. The van der Waals surface area contributed by atoms with Crippen LogP contribution in [0.5, 0.6) is 0 Å². The lowest BCUT2D eigenvalue weighted by atomic mass is 9.67. The van der Waals surface area contributed by atoms with Crippen molar-refractivity contribution in [2.24, 2.45) is 23.7 Å². The molecule has 0 spiro atoms. The SMILES string of the molecule is CC1C=CC2=CC(O)CCC2C1CCC(O)CCCC(=O)OCCCCO[N+](=O)[O-].CCC(C)C(=O)O. The second-order valence-corrected chi connectivity index (χ2v) is 10.1. The summed E-state index contributed by atoms with van der Waals surface area (Å²) in [5.41, 5.74) is 1.24. The van der Waals surface area contributed by atoms with Gasteiger partial charge < -0.3 is 24.9 Å². The Morgan fingerprint density at radius 1 is 1.19 bits per heavy atom. The molecule has 2 aliphatic carbocycles. The molecule has 0 radical (unpaired) electrons. The molecule has 10 nitrogen and oxygen atoms in total. The van der Waals surface area contributed by atoms with E-state index in [1.807, 2.05) is 13.0 Å². The summed E-state index contributed by atoms with van der Waals surface area (Å²) in [6, 6.07) is 0. The number of rotatable bonds is 15. The van der Waals surface area contributed by atoms with Crippen LogP contribution >= 0.6 is 0 Å². The Bertz CT molecular complexity index is 767. The van der Waals surface area contributed by atoms with Gasteiger partial charge in [0.25, 0.3) is 5.09 Å². The molecule has 0 saturated carbocycles. The van der Waals surface area contributed by atoms with E-state index in [2.05, 4.69) is 23.9 Å². The highest BCUT2D eigenvalue weighted by molar-refractivity contribution is 5.69. The highest BCUT2D eigenvalue weighted by Crippen LogP contribution is 2.42. The predicted molar refractivity (Wildman–Crippen MR) is 138 cm³/mol. The summed E-state index contributed by atoms with van der Waals surface area (Å²) in [6.07, 6.45) is 12.1. The molecule has 0 amide bonds. The van der Waals surface area contributed by atoms with E-state index in [-0.39, 0.29) is 37.6 Å². The van der Waals surface area contributed by atoms with Gasteiger partial charge in [-0.1, -0.05) is 39.0 Å². The van der Waals surface area contributed by atoms with Crippen LogP contribution in [0.3, 0.4) is 0 Å². The molecule has 2 aliphatic rings. The number of esters is 1. The maximum absolute atomic E-state index is 11.7. The lowest BCUT2D eigenvalue weighted by Gasteiger charge is -2.38. The number of carboxylic acid groups (broad SMARTS) is 1. The highest BCUT2D eigenvalue weighted by atomic mass is 16.9. The Morgan fingerprint density at radius 2 is 1.89 bits per heavy atom. The van der Waals surface area contributed by atoms with Crippen molar-refractivity contribution in [1.29, 1.82) is 0 Å². The van der Waals surface area contributed by atoms with Gasteiger partial charge in [-0.2, -0.15) is 0 Å². The third-order valence-corrected chi connectivity index (χ3v) is 7.15. The minimum Gasteiger partial charge on any atom is -0.481 e. The second-order valence-electron chi connectivity index (χ2n) is 10.1. The number of aliphatic carboxylic acids is 1. The van der Waals surface area contributed by atoms with E-state index in [0.717, 1.165) is 25.7 Å². The molecule has 0 bridgehead atoms. The van der Waals surface area contributed by atoms with Crippen LogP contribution in [0.1, 0.15) is 85.0 Å². The van der Waals surface area contributed by atoms with Crippen molar-refractivity contribution in [1.82, 2.24) is 0 Å². The van der Waals surface area contributed by atoms with Crippen molar-refractivity contribution in [3.05, 3.63) is 33.9 Å². The molecule has 6 atom stereocenters. The summed E-state index contributed by atoms with van der Waals surface area (Å²) >= 11 is 0. The van der Waals surface area contributed by atoms with Crippen LogP contribution in [-0.4, -0.2) is 57.8 Å². The van der Waals surface area contributed by atoms with Gasteiger partial charge in [-0.3, -0.25) is 9.59 Å². The molecule has 0 aromatic rings. The number of fused-ring (bicyclic) bond motifs is 1. The summed E-state index contributed by atoms with van der Waals surface area (Å²) in [7, 11) is 0. The Hall–Kier alpha value is -2.46. The Morgan fingerprint density at radius 3 is 2.51 bits per heavy atom. The highest BCUT2D eigenvalue weighted by Gasteiger charge is 2.33.